The van der Waals surface area contributed by atoms with Gasteiger partial charge in [-0.25, -0.2) is 0 Å². The number of piperidine rings is 1. The molecule has 6 nitrogen and oxygen atoms in total. The molecule has 1 N–H and O–H groups in total. The first kappa shape index (κ1) is 22.1. The molecule has 1 saturated heterocycles. The molecular formula is C24H29IN4O2. The molecule has 2 aliphatic heterocycles. The number of anilines is 1. The molecule has 0 saturated carbocycles. The van der Waals surface area contributed by atoms with Gasteiger partial charge in [-0.05, 0) is 42.2 Å². The van der Waals surface area contributed by atoms with Crippen LogP contribution in [0.4, 0.5) is 5.69 Å². The quantitative estimate of drug-likeness (QED) is 0.421. The third-order valence-corrected chi connectivity index (χ3v) is 6.63. The summed E-state index contributed by atoms with van der Waals surface area (Å²) in [5, 5.41) is 9.23. The van der Waals surface area contributed by atoms with Crippen LogP contribution in [-0.2, 0) is 12.8 Å². The maximum absolute atomic E-state index is 9.23. The number of aliphatic hydroxyl groups excluding tert-OH is 1. The predicted octanol–water partition coefficient (Wildman–Crippen LogP) is 4.48. The molecule has 0 amide bonds. The van der Waals surface area contributed by atoms with E-state index in [1.165, 1.54) is 28.1 Å². The molecule has 1 fully saturated rings. The van der Waals surface area contributed by atoms with Gasteiger partial charge in [0.15, 0.2) is 6.17 Å². The highest BCUT2D eigenvalue weighted by Gasteiger charge is 2.29. The SMILES string of the molecule is CCc1cc(N2CCC3=NC(c4ccccn4)N(I)C=C3C2)cc(OCCO)c1CC. The number of rotatable bonds is 7. The Balaban J connectivity index is 1.58. The smallest absolute Gasteiger partial charge is 0.172 e. The molecule has 164 valence electrons. The molecule has 7 heteroatoms. The maximum Gasteiger partial charge on any atom is 0.172 e. The lowest BCUT2D eigenvalue weighted by Gasteiger charge is -2.36. The van der Waals surface area contributed by atoms with Crippen LogP contribution in [0.2, 0.25) is 0 Å². The summed E-state index contributed by atoms with van der Waals surface area (Å²) in [6, 6.07) is 10.4. The van der Waals surface area contributed by atoms with Crippen molar-refractivity contribution in [3.63, 3.8) is 0 Å². The first-order chi connectivity index (χ1) is 15.1. The molecule has 0 bridgehead atoms. The van der Waals surface area contributed by atoms with Crippen molar-refractivity contribution >= 4 is 34.3 Å². The summed E-state index contributed by atoms with van der Waals surface area (Å²) in [5.74, 6) is 0.897. The van der Waals surface area contributed by atoms with Gasteiger partial charge in [0.05, 0.1) is 35.2 Å². The van der Waals surface area contributed by atoms with Crippen molar-refractivity contribution in [2.24, 2.45) is 4.99 Å². The van der Waals surface area contributed by atoms with Crippen molar-refractivity contribution < 1.29 is 9.84 Å². The summed E-state index contributed by atoms with van der Waals surface area (Å²) >= 11 is 2.32. The fourth-order valence-electron chi connectivity index (χ4n) is 4.27. The average Bonchev–Trinajstić information content (AvgIpc) is 2.81. The van der Waals surface area contributed by atoms with Crippen molar-refractivity contribution in [1.82, 2.24) is 8.10 Å². The summed E-state index contributed by atoms with van der Waals surface area (Å²) in [6.45, 7) is 6.42. The maximum atomic E-state index is 9.23. The van der Waals surface area contributed by atoms with Crippen molar-refractivity contribution in [3.8, 4) is 5.75 Å². The van der Waals surface area contributed by atoms with E-state index in [0.717, 1.165) is 43.8 Å². The second-order valence-electron chi connectivity index (χ2n) is 7.73. The molecule has 0 aliphatic carbocycles. The lowest BCUT2D eigenvalue weighted by Crippen LogP contribution is -2.38. The Kier molecular flexibility index (Phi) is 7.12. The van der Waals surface area contributed by atoms with E-state index in [0.29, 0.717) is 6.61 Å². The third-order valence-electron chi connectivity index (χ3n) is 5.83. The summed E-state index contributed by atoms with van der Waals surface area (Å²) in [4.78, 5) is 11.9. The van der Waals surface area contributed by atoms with Gasteiger partial charge in [0, 0.05) is 54.9 Å². The van der Waals surface area contributed by atoms with Gasteiger partial charge in [-0.1, -0.05) is 19.9 Å². The molecule has 1 aromatic heterocycles. The Morgan fingerprint density at radius 2 is 2.10 bits per heavy atom. The molecule has 2 aliphatic rings. The van der Waals surface area contributed by atoms with Gasteiger partial charge in [-0.3, -0.25) is 13.1 Å². The summed E-state index contributed by atoms with van der Waals surface area (Å²) in [7, 11) is 0. The van der Waals surface area contributed by atoms with Gasteiger partial charge in [0.2, 0.25) is 0 Å². The fraction of sp³-hybridized carbons (Fsp3) is 0.417. The molecule has 1 aromatic carbocycles. The number of aromatic nitrogens is 1. The van der Waals surface area contributed by atoms with Crippen molar-refractivity contribution in [3.05, 3.63) is 65.1 Å². The number of aryl methyl sites for hydroxylation is 1. The van der Waals surface area contributed by atoms with Gasteiger partial charge in [-0.15, -0.1) is 0 Å². The van der Waals surface area contributed by atoms with Crippen molar-refractivity contribution in [1.29, 1.82) is 0 Å². The number of benzene rings is 1. The highest BCUT2D eigenvalue weighted by Crippen LogP contribution is 2.36. The Morgan fingerprint density at radius 1 is 1.23 bits per heavy atom. The minimum atomic E-state index is -0.0684. The fourth-order valence-corrected chi connectivity index (χ4v) is 5.02. The molecule has 4 rings (SSSR count). The minimum Gasteiger partial charge on any atom is -0.491 e. The monoisotopic (exact) mass is 532 g/mol. The largest absolute Gasteiger partial charge is 0.491 e. The highest BCUT2D eigenvalue weighted by molar-refractivity contribution is 14.1. The van der Waals surface area contributed by atoms with Gasteiger partial charge in [0.1, 0.15) is 12.4 Å². The van der Waals surface area contributed by atoms with Crippen LogP contribution in [0.1, 0.15) is 43.3 Å². The minimum absolute atomic E-state index is 0.0220. The number of aliphatic imine (C=N–C) groups is 1. The molecule has 31 heavy (non-hydrogen) atoms. The van der Waals surface area contributed by atoms with Gasteiger partial charge < -0.3 is 14.7 Å². The number of pyridine rings is 1. The van der Waals surface area contributed by atoms with E-state index in [1.54, 1.807) is 0 Å². The second-order valence-corrected chi connectivity index (χ2v) is 8.85. The van der Waals surface area contributed by atoms with Crippen LogP contribution in [0.25, 0.3) is 0 Å². The second kappa shape index (κ2) is 9.99. The standard InChI is InChI=1S/C24H29IN4O2/c1-3-17-13-19(14-23(20(17)4-2)31-12-11-30)28-10-8-21-18(15-28)16-29(25)24(27-21)22-7-5-6-9-26-22/h5-7,9,13-14,16,24,30H,3-4,8,10-12,15H2,1-2H3. The molecule has 0 radical (unpaired) electrons. The predicted molar refractivity (Wildman–Crippen MR) is 133 cm³/mol. The Hall–Kier alpha value is -2.13. The van der Waals surface area contributed by atoms with Crippen LogP contribution in [0.15, 0.2) is 53.3 Å². The number of halogens is 1. The van der Waals surface area contributed by atoms with E-state index in [2.05, 4.69) is 68.0 Å². The summed E-state index contributed by atoms with van der Waals surface area (Å²) in [5.41, 5.74) is 7.13. The number of nitrogens with zero attached hydrogens (tertiary/aromatic N) is 4. The third kappa shape index (κ3) is 4.72. The Morgan fingerprint density at radius 3 is 2.81 bits per heavy atom. The zero-order valence-corrected chi connectivity index (χ0v) is 20.2. The van der Waals surface area contributed by atoms with E-state index in [-0.39, 0.29) is 12.8 Å². The van der Waals surface area contributed by atoms with Crippen LogP contribution in [-0.4, -0.2) is 45.2 Å². The normalized spacial score (nSPS) is 18.4. The van der Waals surface area contributed by atoms with E-state index in [4.69, 9.17) is 9.73 Å². The molecule has 2 aromatic rings. The number of ether oxygens (including phenoxy) is 1. The zero-order valence-electron chi connectivity index (χ0n) is 18.1. The van der Waals surface area contributed by atoms with Gasteiger partial charge >= 0.3 is 0 Å². The van der Waals surface area contributed by atoms with Crippen LogP contribution in [0, 0.1) is 0 Å². The Labute approximate surface area is 198 Å². The van der Waals surface area contributed by atoms with Crippen LogP contribution >= 0.6 is 22.9 Å². The molecular weight excluding hydrogens is 503 g/mol. The first-order valence-electron chi connectivity index (χ1n) is 10.9. The average molecular weight is 532 g/mol. The summed E-state index contributed by atoms with van der Waals surface area (Å²) in [6.07, 6.45) is 6.75. The van der Waals surface area contributed by atoms with Gasteiger partial charge in [0.25, 0.3) is 0 Å². The topological polar surface area (TPSA) is 61.2 Å². The lowest BCUT2D eigenvalue weighted by molar-refractivity contribution is 0.200. The van der Waals surface area contributed by atoms with Crippen LogP contribution in [0.3, 0.4) is 0 Å². The van der Waals surface area contributed by atoms with E-state index in [1.807, 2.05) is 24.4 Å². The molecule has 1 unspecified atom stereocenters. The molecule has 3 heterocycles. The van der Waals surface area contributed by atoms with E-state index >= 15 is 0 Å². The van der Waals surface area contributed by atoms with Crippen molar-refractivity contribution in [2.45, 2.75) is 39.3 Å². The van der Waals surface area contributed by atoms with Gasteiger partial charge in [-0.2, -0.15) is 0 Å². The van der Waals surface area contributed by atoms with Crippen molar-refractivity contribution in [2.75, 3.05) is 31.2 Å². The molecule has 1 atom stereocenters. The lowest BCUT2D eigenvalue weighted by atomic mass is 9.97. The zero-order chi connectivity index (χ0) is 21.8. The summed E-state index contributed by atoms with van der Waals surface area (Å²) < 4.78 is 8.03. The van der Waals surface area contributed by atoms with Crippen LogP contribution < -0.4 is 9.64 Å². The van der Waals surface area contributed by atoms with Crippen LogP contribution in [0.5, 0.6) is 5.75 Å². The highest BCUT2D eigenvalue weighted by atomic mass is 127. The van der Waals surface area contributed by atoms with E-state index in [9.17, 15) is 5.11 Å². The number of hydrogen-bond acceptors (Lipinski definition) is 6. The molecule has 0 spiro atoms. The first-order valence-corrected chi connectivity index (χ1v) is 11.9. The Bertz CT molecular complexity index is 977. The number of hydrogen-bond donors (Lipinski definition) is 1. The van der Waals surface area contributed by atoms with E-state index < -0.39 is 0 Å². The number of aliphatic hydroxyl groups is 1. The number of fused-ring (bicyclic) bond motifs is 1.